The normalized spacial score (nSPS) is 20.1. The monoisotopic (exact) mass is 317 g/mol. The molecule has 0 saturated carbocycles. The molecule has 1 fully saturated rings. The maximum absolute atomic E-state index is 9.75. The quantitative estimate of drug-likeness (QED) is 0.560. The predicted molar refractivity (Wildman–Crippen MR) is 62.4 cm³/mol. The van der Waals surface area contributed by atoms with Crippen molar-refractivity contribution in [2.75, 3.05) is 4.65 Å². The van der Waals surface area contributed by atoms with E-state index in [0.29, 0.717) is 0 Å². The molecule has 0 spiro atoms. The molecule has 1 aromatic carbocycles. The van der Waals surface area contributed by atoms with Crippen molar-refractivity contribution in [1.82, 2.24) is 0 Å². The molecule has 7 heteroatoms. The number of halogens is 4. The van der Waals surface area contributed by atoms with Gasteiger partial charge in [0.25, 0.3) is 0 Å². The van der Waals surface area contributed by atoms with Gasteiger partial charge in [0.2, 0.25) is 0 Å². The Bertz CT molecular complexity index is 294. The van der Waals surface area contributed by atoms with Crippen molar-refractivity contribution >= 4 is 34.0 Å². The molecule has 0 N–H and O–H groups in total. The van der Waals surface area contributed by atoms with Crippen molar-refractivity contribution in [3.63, 3.8) is 0 Å². The van der Waals surface area contributed by atoms with Crippen molar-refractivity contribution in [2.24, 2.45) is 0 Å². The minimum atomic E-state index is -6.00. The van der Waals surface area contributed by atoms with Crippen LogP contribution in [-0.4, -0.2) is 26.9 Å². The van der Waals surface area contributed by atoms with Gasteiger partial charge in [-0.2, -0.15) is 0 Å². The van der Waals surface area contributed by atoms with E-state index in [4.69, 9.17) is 0 Å². The Hall–Kier alpha value is -0.126. The van der Waals surface area contributed by atoms with Crippen LogP contribution in [0.1, 0.15) is 10.8 Å². The first-order valence-electron chi connectivity index (χ1n) is 4.58. The van der Waals surface area contributed by atoms with Crippen LogP contribution in [-0.2, 0) is 0 Å². The minimum absolute atomic E-state index is 0.816. The van der Waals surface area contributed by atoms with Gasteiger partial charge in [-0.3, -0.25) is 0 Å². The summed E-state index contributed by atoms with van der Waals surface area (Å²) in [7, 11) is -6.00. The van der Waals surface area contributed by atoms with Gasteiger partial charge >= 0.3 is 85.1 Å². The summed E-state index contributed by atoms with van der Waals surface area (Å²) < 4.78 is 40.4. The average Bonchev–Trinajstić information content (AvgIpc) is 2.69. The molecule has 1 radical (unpaired) electrons. The van der Waals surface area contributed by atoms with E-state index in [2.05, 4.69) is 42.1 Å². The fourth-order valence-corrected chi connectivity index (χ4v) is 6.20. The van der Waals surface area contributed by atoms with Gasteiger partial charge in [-0.05, 0) is 0 Å². The number of hydrogen-bond acceptors (Lipinski definition) is 1. The molecule has 1 unspecified atom stereocenters. The molecule has 2 rings (SSSR count). The zero-order valence-corrected chi connectivity index (χ0v) is 10.8. The Kier molecular flexibility index (Phi) is 5.72. The Labute approximate surface area is 102 Å². The first kappa shape index (κ1) is 13.9. The van der Waals surface area contributed by atoms with Crippen LogP contribution in [0, 0.1) is 0 Å². The van der Waals surface area contributed by atoms with Crippen LogP contribution in [0.5, 0.6) is 0 Å². The molecule has 1 atom stereocenters. The summed E-state index contributed by atoms with van der Waals surface area (Å²) in [6.45, 7) is 0. The third-order valence-corrected chi connectivity index (χ3v) is 6.51. The summed E-state index contributed by atoms with van der Waals surface area (Å²) in [5.74, 6) is 0. The fraction of sp³-hybridized carbons (Fsp3) is 0.333. The SMILES string of the molecule is F[B-](F)(F)F.c1ccc(C2C[Se+]CS2)cc1. The van der Waals surface area contributed by atoms with E-state index in [1.54, 1.807) is 0 Å². The van der Waals surface area contributed by atoms with Gasteiger partial charge in [0.15, 0.2) is 0 Å². The molecule has 16 heavy (non-hydrogen) atoms. The standard InChI is InChI=1S/C9H10SSe.BF4/c1-2-4-8(5-3-1)9-6-11-7-10-9;2-1(3,4)5/h1-5,9H,6-7H2;/q+1;-1. The van der Waals surface area contributed by atoms with E-state index in [1.807, 2.05) is 0 Å². The Morgan fingerprint density at radius 1 is 1.12 bits per heavy atom. The topological polar surface area (TPSA) is 0 Å². The summed E-state index contributed by atoms with van der Waals surface area (Å²) >= 11 is 3.03. The van der Waals surface area contributed by atoms with Crippen LogP contribution < -0.4 is 0 Å². The van der Waals surface area contributed by atoms with Gasteiger partial charge in [0, 0.05) is 0 Å². The van der Waals surface area contributed by atoms with Gasteiger partial charge in [0.1, 0.15) is 0 Å². The summed E-state index contributed by atoms with van der Waals surface area (Å²) in [4.78, 5) is 0. The number of thioether (sulfide) groups is 1. The van der Waals surface area contributed by atoms with Crippen molar-refractivity contribution < 1.29 is 17.3 Å². The zero-order chi connectivity index (χ0) is 12.0. The van der Waals surface area contributed by atoms with Crippen LogP contribution in [0.3, 0.4) is 0 Å². The molecule has 1 heterocycles. The van der Waals surface area contributed by atoms with E-state index >= 15 is 0 Å². The molecule has 1 aliphatic rings. The molecular formula is C9H10BF4SSe. The van der Waals surface area contributed by atoms with Crippen molar-refractivity contribution in [2.45, 2.75) is 10.6 Å². The van der Waals surface area contributed by atoms with Crippen molar-refractivity contribution in [1.29, 1.82) is 0 Å². The van der Waals surface area contributed by atoms with Gasteiger partial charge in [-0.25, -0.2) is 0 Å². The third kappa shape index (κ3) is 6.46. The summed E-state index contributed by atoms with van der Waals surface area (Å²) in [6, 6.07) is 10.9. The van der Waals surface area contributed by atoms with E-state index in [9.17, 15) is 17.3 Å². The molecular weight excluding hydrogens is 306 g/mol. The van der Waals surface area contributed by atoms with Crippen LogP contribution in [0.15, 0.2) is 30.3 Å². The zero-order valence-electron chi connectivity index (χ0n) is 8.28. The number of benzene rings is 1. The molecule has 0 aliphatic carbocycles. The second kappa shape index (κ2) is 6.57. The molecule has 0 bridgehead atoms. The first-order valence-corrected chi connectivity index (χ1v) is 8.05. The van der Waals surface area contributed by atoms with Crippen molar-refractivity contribution in [3.05, 3.63) is 35.9 Å². The Morgan fingerprint density at radius 2 is 1.69 bits per heavy atom. The first-order chi connectivity index (χ1) is 7.47. The molecule has 89 valence electrons. The molecule has 0 nitrogen and oxygen atoms in total. The summed E-state index contributed by atoms with van der Waals surface area (Å²) in [6.07, 6.45) is 0. The van der Waals surface area contributed by atoms with Gasteiger partial charge in [-0.1, -0.05) is 0 Å². The van der Waals surface area contributed by atoms with Gasteiger partial charge in [-0.15, -0.1) is 0 Å². The molecule has 0 aromatic heterocycles. The number of hydrogen-bond donors (Lipinski definition) is 0. The van der Waals surface area contributed by atoms with Gasteiger partial charge < -0.3 is 17.3 Å². The molecule has 1 saturated heterocycles. The van der Waals surface area contributed by atoms with Crippen LogP contribution >= 0.6 is 11.8 Å². The molecule has 1 aliphatic heterocycles. The molecule has 1 aromatic rings. The maximum atomic E-state index is 9.75. The predicted octanol–water partition coefficient (Wildman–Crippen LogP) is 3.85. The van der Waals surface area contributed by atoms with Crippen LogP contribution in [0.4, 0.5) is 17.3 Å². The summed E-state index contributed by atoms with van der Waals surface area (Å²) in [5.41, 5.74) is 1.52. The molecule has 0 amide bonds. The second-order valence-corrected chi connectivity index (χ2v) is 7.23. The third-order valence-electron chi connectivity index (χ3n) is 1.79. The fourth-order valence-electron chi connectivity index (χ4n) is 1.19. The van der Waals surface area contributed by atoms with Crippen molar-refractivity contribution in [3.8, 4) is 0 Å². The Balaban J connectivity index is 0.000000221. The van der Waals surface area contributed by atoms with E-state index in [-0.39, 0.29) is 0 Å². The van der Waals surface area contributed by atoms with Crippen LogP contribution in [0.25, 0.3) is 0 Å². The second-order valence-electron chi connectivity index (χ2n) is 3.05. The summed E-state index contributed by atoms with van der Waals surface area (Å²) in [5, 5.41) is 2.25. The Morgan fingerprint density at radius 3 is 2.12 bits per heavy atom. The average molecular weight is 316 g/mol. The van der Waals surface area contributed by atoms with E-state index in [1.165, 1.54) is 15.5 Å². The van der Waals surface area contributed by atoms with E-state index in [0.717, 1.165) is 20.2 Å². The van der Waals surface area contributed by atoms with E-state index < -0.39 is 7.25 Å². The van der Waals surface area contributed by atoms with Crippen LogP contribution in [0.2, 0.25) is 5.32 Å². The van der Waals surface area contributed by atoms with Gasteiger partial charge in [0.05, 0.1) is 0 Å². The number of rotatable bonds is 1.